The van der Waals surface area contributed by atoms with E-state index in [1.54, 1.807) is 0 Å². The highest BCUT2D eigenvalue weighted by atomic mass is 14.7. The van der Waals surface area contributed by atoms with Crippen molar-refractivity contribution in [2.75, 3.05) is 0 Å². The van der Waals surface area contributed by atoms with E-state index in [9.17, 15) is 0 Å². The summed E-state index contributed by atoms with van der Waals surface area (Å²) < 4.78 is 0. The van der Waals surface area contributed by atoms with Gasteiger partial charge >= 0.3 is 0 Å². The van der Waals surface area contributed by atoms with E-state index in [0.29, 0.717) is 16.9 Å². The van der Waals surface area contributed by atoms with Crippen molar-refractivity contribution in [3.05, 3.63) is 0 Å². The maximum Gasteiger partial charge on any atom is 0.00418 e. The van der Waals surface area contributed by atoms with Crippen LogP contribution in [0.5, 0.6) is 0 Å². The first kappa shape index (κ1) is 21.2. The first-order valence-corrected chi connectivity index (χ1v) is 13.0. The van der Waals surface area contributed by atoms with Gasteiger partial charge in [0.15, 0.2) is 0 Å². The fourth-order valence-electron chi connectivity index (χ4n) is 9.32. The Hall–Kier alpha value is -0.0400. The molecule has 4 rings (SSSR count). The van der Waals surface area contributed by atoms with Gasteiger partial charge in [0.1, 0.15) is 0 Å². The average molecular weight is 388 g/mol. The van der Waals surface area contributed by atoms with Crippen LogP contribution >= 0.6 is 0 Å². The van der Waals surface area contributed by atoms with Crippen LogP contribution in [0, 0.1) is 52.3 Å². The highest BCUT2D eigenvalue weighted by Gasteiger charge is 2.60. The second-order valence-electron chi connectivity index (χ2n) is 12.7. The molecular formula is C27H49N. The SMILES string of the molecule is CC(C)CCC[C@@H](C)[C@H]1CC[C@H]2[C@@H]3CCC4C[C@@H](N)CC[C@]4(C)[C@H]3CC[C@]12C. The molecule has 4 aliphatic rings. The zero-order valence-corrected chi connectivity index (χ0v) is 19.7. The predicted molar refractivity (Wildman–Crippen MR) is 121 cm³/mol. The summed E-state index contributed by atoms with van der Waals surface area (Å²) in [4.78, 5) is 0. The summed E-state index contributed by atoms with van der Waals surface area (Å²) in [6.07, 6.45) is 17.5. The van der Waals surface area contributed by atoms with Gasteiger partial charge in [-0.2, -0.15) is 0 Å². The van der Waals surface area contributed by atoms with Crippen LogP contribution in [0.1, 0.15) is 112 Å². The minimum Gasteiger partial charge on any atom is -0.328 e. The van der Waals surface area contributed by atoms with Crippen LogP contribution in [-0.2, 0) is 0 Å². The summed E-state index contributed by atoms with van der Waals surface area (Å²) in [5.74, 6) is 6.79. The summed E-state index contributed by atoms with van der Waals surface area (Å²) in [6.45, 7) is 12.8. The smallest absolute Gasteiger partial charge is 0.00418 e. The summed E-state index contributed by atoms with van der Waals surface area (Å²) in [5.41, 5.74) is 7.64. The van der Waals surface area contributed by atoms with E-state index in [4.69, 9.17) is 5.73 Å². The van der Waals surface area contributed by atoms with Crippen molar-refractivity contribution in [3.63, 3.8) is 0 Å². The van der Waals surface area contributed by atoms with E-state index in [-0.39, 0.29) is 0 Å². The fraction of sp³-hybridized carbons (Fsp3) is 1.00. The minimum atomic E-state index is 0.492. The third-order valence-electron chi connectivity index (χ3n) is 10.9. The number of hydrogen-bond acceptors (Lipinski definition) is 1. The van der Waals surface area contributed by atoms with Crippen molar-refractivity contribution in [1.82, 2.24) is 0 Å². The van der Waals surface area contributed by atoms with Crippen LogP contribution in [-0.4, -0.2) is 6.04 Å². The van der Waals surface area contributed by atoms with Crippen molar-refractivity contribution in [1.29, 1.82) is 0 Å². The van der Waals surface area contributed by atoms with Crippen LogP contribution < -0.4 is 5.73 Å². The van der Waals surface area contributed by atoms with Gasteiger partial charge in [-0.3, -0.25) is 0 Å². The normalized spacial score (nSPS) is 49.4. The molecule has 28 heavy (non-hydrogen) atoms. The Balaban J connectivity index is 1.46. The molecule has 0 saturated heterocycles. The fourth-order valence-corrected chi connectivity index (χ4v) is 9.32. The van der Waals surface area contributed by atoms with Gasteiger partial charge in [0.2, 0.25) is 0 Å². The van der Waals surface area contributed by atoms with E-state index >= 15 is 0 Å². The molecule has 9 atom stereocenters. The van der Waals surface area contributed by atoms with Gasteiger partial charge in [-0.25, -0.2) is 0 Å². The lowest BCUT2D eigenvalue weighted by molar-refractivity contribution is -0.116. The molecule has 4 saturated carbocycles. The molecule has 1 heteroatoms. The predicted octanol–water partition coefficient (Wildman–Crippen LogP) is 7.44. The Morgan fingerprint density at radius 3 is 2.29 bits per heavy atom. The zero-order valence-electron chi connectivity index (χ0n) is 19.7. The van der Waals surface area contributed by atoms with E-state index in [0.717, 1.165) is 41.4 Å². The molecule has 0 aromatic heterocycles. The van der Waals surface area contributed by atoms with Crippen molar-refractivity contribution >= 4 is 0 Å². The average Bonchev–Trinajstić information content (AvgIpc) is 2.99. The lowest BCUT2D eigenvalue weighted by atomic mass is 9.44. The molecule has 0 bridgehead atoms. The Morgan fingerprint density at radius 1 is 0.821 bits per heavy atom. The van der Waals surface area contributed by atoms with E-state index < -0.39 is 0 Å². The summed E-state index contributed by atoms with van der Waals surface area (Å²) in [7, 11) is 0. The van der Waals surface area contributed by atoms with Crippen molar-refractivity contribution in [2.45, 2.75) is 118 Å². The van der Waals surface area contributed by atoms with Crippen LogP contribution in [0.15, 0.2) is 0 Å². The van der Waals surface area contributed by atoms with Crippen LogP contribution in [0.3, 0.4) is 0 Å². The van der Waals surface area contributed by atoms with E-state index in [1.165, 1.54) is 77.0 Å². The lowest BCUT2D eigenvalue weighted by Crippen LogP contribution is -2.54. The summed E-state index contributed by atoms with van der Waals surface area (Å²) in [5, 5.41) is 0. The van der Waals surface area contributed by atoms with Gasteiger partial charge in [-0.1, -0.05) is 53.9 Å². The highest BCUT2D eigenvalue weighted by Crippen LogP contribution is 2.68. The molecule has 0 aromatic carbocycles. The molecule has 162 valence electrons. The van der Waals surface area contributed by atoms with Gasteiger partial charge in [0.05, 0.1) is 0 Å². The van der Waals surface area contributed by atoms with E-state index in [2.05, 4.69) is 34.6 Å². The molecule has 0 amide bonds. The molecule has 0 heterocycles. The van der Waals surface area contributed by atoms with Crippen molar-refractivity contribution in [3.8, 4) is 0 Å². The van der Waals surface area contributed by atoms with Gasteiger partial charge in [-0.15, -0.1) is 0 Å². The molecule has 0 spiro atoms. The molecule has 4 aliphatic carbocycles. The summed E-state index contributed by atoms with van der Waals surface area (Å²) >= 11 is 0. The molecular weight excluding hydrogens is 338 g/mol. The maximum atomic E-state index is 6.39. The summed E-state index contributed by atoms with van der Waals surface area (Å²) in [6, 6.07) is 0.492. The molecule has 0 aliphatic heterocycles. The molecule has 1 unspecified atom stereocenters. The Morgan fingerprint density at radius 2 is 1.54 bits per heavy atom. The molecule has 2 N–H and O–H groups in total. The largest absolute Gasteiger partial charge is 0.328 e. The Bertz CT molecular complexity index is 540. The molecule has 0 aromatic rings. The van der Waals surface area contributed by atoms with Crippen LogP contribution in [0.2, 0.25) is 0 Å². The van der Waals surface area contributed by atoms with E-state index in [1.807, 2.05) is 0 Å². The Kier molecular flexibility index (Phi) is 5.98. The number of rotatable bonds is 5. The minimum absolute atomic E-state index is 0.492. The molecule has 1 nitrogen and oxygen atoms in total. The second-order valence-corrected chi connectivity index (χ2v) is 12.7. The topological polar surface area (TPSA) is 26.0 Å². The quantitative estimate of drug-likeness (QED) is 0.521. The highest BCUT2D eigenvalue weighted by molar-refractivity contribution is 5.09. The molecule has 4 fully saturated rings. The monoisotopic (exact) mass is 387 g/mol. The van der Waals surface area contributed by atoms with Crippen molar-refractivity contribution in [2.24, 2.45) is 58.0 Å². The van der Waals surface area contributed by atoms with Gasteiger partial charge in [0.25, 0.3) is 0 Å². The number of fused-ring (bicyclic) bond motifs is 5. The maximum absolute atomic E-state index is 6.39. The van der Waals surface area contributed by atoms with Gasteiger partial charge in [-0.05, 0) is 110 Å². The first-order valence-electron chi connectivity index (χ1n) is 13.0. The first-order chi connectivity index (χ1) is 13.3. The third kappa shape index (κ3) is 3.50. The van der Waals surface area contributed by atoms with Crippen molar-refractivity contribution < 1.29 is 0 Å². The number of nitrogens with two attached hydrogens (primary N) is 1. The molecule has 0 radical (unpaired) electrons. The lowest BCUT2D eigenvalue weighted by Gasteiger charge is -2.61. The number of hydrogen-bond donors (Lipinski definition) is 1. The van der Waals surface area contributed by atoms with Crippen LogP contribution in [0.4, 0.5) is 0 Å². The Labute approximate surface area is 176 Å². The van der Waals surface area contributed by atoms with Gasteiger partial charge < -0.3 is 5.73 Å². The van der Waals surface area contributed by atoms with Gasteiger partial charge in [0, 0.05) is 6.04 Å². The third-order valence-corrected chi connectivity index (χ3v) is 10.9. The van der Waals surface area contributed by atoms with Crippen LogP contribution in [0.25, 0.3) is 0 Å². The second kappa shape index (κ2) is 7.90. The standard InChI is InChI=1S/C27H49N/c1-18(2)7-6-8-19(3)23-11-12-24-22-10-9-20-17-21(28)13-15-26(20,4)25(22)14-16-27(23,24)5/h18-25H,6-17,28H2,1-5H3/t19-,20?,21+,22+,23-,24+,25+,26+,27-/m1/s1. The zero-order chi connectivity index (χ0) is 20.1.